The maximum absolute atomic E-state index is 10.1. The summed E-state index contributed by atoms with van der Waals surface area (Å²) in [5, 5.41) is 10.1. The lowest BCUT2D eigenvalue weighted by Gasteiger charge is -2.22. The highest BCUT2D eigenvalue weighted by atomic mass is 16.3. The first-order valence-electron chi connectivity index (χ1n) is 6.95. The van der Waals surface area contributed by atoms with Crippen molar-refractivity contribution in [2.75, 3.05) is 0 Å². The largest absolute Gasteiger partial charge is 0.391 e. The first-order valence-corrected chi connectivity index (χ1v) is 6.95. The molecule has 1 rings (SSSR count). The van der Waals surface area contributed by atoms with Crippen molar-refractivity contribution in [2.24, 2.45) is 5.73 Å². The minimum absolute atomic E-state index is 0.0941. The third-order valence-electron chi connectivity index (χ3n) is 3.52. The fourth-order valence-corrected chi connectivity index (χ4v) is 2.49. The van der Waals surface area contributed by atoms with Crippen molar-refractivity contribution in [1.29, 1.82) is 0 Å². The van der Waals surface area contributed by atoms with Gasteiger partial charge in [-0.2, -0.15) is 0 Å². The predicted molar refractivity (Wildman–Crippen MR) is 77.8 cm³/mol. The third kappa shape index (κ3) is 4.43. The molecule has 0 bridgehead atoms. The SMILES string of the molecule is CCCC(N)C(O)CC(C)c1cc(C)cc(C)c1. The number of aliphatic hydroxyl groups excluding tert-OH is 1. The molecule has 0 saturated carbocycles. The van der Waals surface area contributed by atoms with Crippen molar-refractivity contribution in [3.63, 3.8) is 0 Å². The van der Waals surface area contributed by atoms with Crippen LogP contribution < -0.4 is 5.73 Å². The molecule has 102 valence electrons. The molecule has 3 unspecified atom stereocenters. The van der Waals surface area contributed by atoms with Crippen molar-refractivity contribution in [2.45, 2.75) is 65.0 Å². The molecule has 1 aromatic carbocycles. The van der Waals surface area contributed by atoms with E-state index in [-0.39, 0.29) is 6.04 Å². The smallest absolute Gasteiger partial charge is 0.0696 e. The molecule has 18 heavy (non-hydrogen) atoms. The molecule has 0 aliphatic rings. The molecule has 2 nitrogen and oxygen atoms in total. The van der Waals surface area contributed by atoms with Crippen LogP contribution in [0.1, 0.15) is 55.7 Å². The van der Waals surface area contributed by atoms with E-state index in [9.17, 15) is 5.11 Å². The van der Waals surface area contributed by atoms with E-state index < -0.39 is 6.10 Å². The molecular formula is C16H27NO. The summed E-state index contributed by atoms with van der Waals surface area (Å²) in [6.07, 6.45) is 2.25. The Bertz CT molecular complexity index is 355. The zero-order valence-electron chi connectivity index (χ0n) is 12.1. The fraction of sp³-hybridized carbons (Fsp3) is 0.625. The van der Waals surface area contributed by atoms with E-state index in [1.165, 1.54) is 16.7 Å². The van der Waals surface area contributed by atoms with Crippen LogP contribution in [0.25, 0.3) is 0 Å². The normalized spacial score (nSPS) is 16.3. The molecular weight excluding hydrogens is 222 g/mol. The van der Waals surface area contributed by atoms with Crippen LogP contribution in [0, 0.1) is 13.8 Å². The molecule has 3 atom stereocenters. The molecule has 0 saturated heterocycles. The van der Waals surface area contributed by atoms with E-state index in [0.29, 0.717) is 5.92 Å². The van der Waals surface area contributed by atoms with Gasteiger partial charge in [0, 0.05) is 6.04 Å². The summed E-state index contributed by atoms with van der Waals surface area (Å²) in [5.41, 5.74) is 9.83. The Balaban J connectivity index is 2.66. The zero-order valence-corrected chi connectivity index (χ0v) is 12.1. The second kappa shape index (κ2) is 6.91. The standard InChI is InChI=1S/C16H27NO/c1-5-6-15(17)16(18)10-13(4)14-8-11(2)7-12(3)9-14/h7-9,13,15-16,18H,5-6,10,17H2,1-4H3. The Hall–Kier alpha value is -0.860. The van der Waals surface area contributed by atoms with E-state index in [0.717, 1.165) is 19.3 Å². The molecule has 3 N–H and O–H groups in total. The number of hydrogen-bond donors (Lipinski definition) is 2. The van der Waals surface area contributed by atoms with Gasteiger partial charge in [0.2, 0.25) is 0 Å². The maximum Gasteiger partial charge on any atom is 0.0696 e. The molecule has 2 heteroatoms. The van der Waals surface area contributed by atoms with Gasteiger partial charge in [-0.1, -0.05) is 49.6 Å². The van der Waals surface area contributed by atoms with Gasteiger partial charge >= 0.3 is 0 Å². The third-order valence-corrected chi connectivity index (χ3v) is 3.52. The monoisotopic (exact) mass is 249 g/mol. The summed E-state index contributed by atoms with van der Waals surface area (Å²) in [7, 11) is 0. The average Bonchev–Trinajstić information content (AvgIpc) is 2.27. The second-order valence-electron chi connectivity index (χ2n) is 5.58. The molecule has 0 aliphatic heterocycles. The minimum Gasteiger partial charge on any atom is -0.391 e. The van der Waals surface area contributed by atoms with Gasteiger partial charge < -0.3 is 10.8 Å². The Kier molecular flexibility index (Phi) is 5.83. The van der Waals surface area contributed by atoms with Crippen LogP contribution in [0.5, 0.6) is 0 Å². The topological polar surface area (TPSA) is 46.2 Å². The molecule has 0 spiro atoms. The van der Waals surface area contributed by atoms with Crippen molar-refractivity contribution in [3.8, 4) is 0 Å². The average molecular weight is 249 g/mol. The molecule has 0 heterocycles. The van der Waals surface area contributed by atoms with Gasteiger partial charge in [-0.25, -0.2) is 0 Å². The zero-order chi connectivity index (χ0) is 13.7. The van der Waals surface area contributed by atoms with Crippen LogP contribution in [-0.2, 0) is 0 Å². The Morgan fingerprint density at radius 1 is 1.17 bits per heavy atom. The predicted octanol–water partition coefficient (Wildman–Crippen LogP) is 3.29. The van der Waals surface area contributed by atoms with E-state index in [1.54, 1.807) is 0 Å². The van der Waals surface area contributed by atoms with Crippen LogP contribution in [0.3, 0.4) is 0 Å². The van der Waals surface area contributed by atoms with Gasteiger partial charge in [0.1, 0.15) is 0 Å². The molecule has 0 radical (unpaired) electrons. The van der Waals surface area contributed by atoms with Crippen LogP contribution in [0.2, 0.25) is 0 Å². The first kappa shape index (κ1) is 15.2. The van der Waals surface area contributed by atoms with Crippen LogP contribution >= 0.6 is 0 Å². The summed E-state index contributed by atoms with van der Waals surface area (Å²) in [4.78, 5) is 0. The molecule has 0 fully saturated rings. The number of rotatable bonds is 6. The van der Waals surface area contributed by atoms with Crippen LogP contribution in [0.15, 0.2) is 18.2 Å². The lowest BCUT2D eigenvalue weighted by molar-refractivity contribution is 0.124. The lowest BCUT2D eigenvalue weighted by Crippen LogP contribution is -2.35. The van der Waals surface area contributed by atoms with Crippen molar-refractivity contribution in [1.82, 2.24) is 0 Å². The number of benzene rings is 1. The van der Waals surface area contributed by atoms with Crippen molar-refractivity contribution >= 4 is 0 Å². The number of aryl methyl sites for hydroxylation is 2. The highest BCUT2D eigenvalue weighted by Gasteiger charge is 2.18. The molecule has 0 aliphatic carbocycles. The van der Waals surface area contributed by atoms with Crippen molar-refractivity contribution in [3.05, 3.63) is 34.9 Å². The molecule has 0 amide bonds. The number of hydrogen-bond acceptors (Lipinski definition) is 2. The highest BCUT2D eigenvalue weighted by molar-refractivity contribution is 5.30. The molecule has 1 aromatic rings. The summed E-state index contributed by atoms with van der Waals surface area (Å²) >= 11 is 0. The van der Waals surface area contributed by atoms with Gasteiger partial charge in [-0.05, 0) is 38.2 Å². The van der Waals surface area contributed by atoms with Gasteiger partial charge in [-0.15, -0.1) is 0 Å². The van der Waals surface area contributed by atoms with E-state index in [1.807, 2.05) is 0 Å². The minimum atomic E-state index is -0.402. The van der Waals surface area contributed by atoms with E-state index in [4.69, 9.17) is 5.73 Å². The maximum atomic E-state index is 10.1. The highest BCUT2D eigenvalue weighted by Crippen LogP contribution is 2.24. The quantitative estimate of drug-likeness (QED) is 0.812. The Morgan fingerprint density at radius 2 is 1.72 bits per heavy atom. The Labute approximate surface area is 111 Å². The van der Waals surface area contributed by atoms with E-state index >= 15 is 0 Å². The molecule has 0 aromatic heterocycles. The second-order valence-corrected chi connectivity index (χ2v) is 5.58. The van der Waals surface area contributed by atoms with E-state index in [2.05, 4.69) is 45.9 Å². The fourth-order valence-electron chi connectivity index (χ4n) is 2.49. The van der Waals surface area contributed by atoms with Crippen LogP contribution in [-0.4, -0.2) is 17.3 Å². The number of aliphatic hydroxyl groups is 1. The summed E-state index contributed by atoms with van der Waals surface area (Å²) in [6, 6.07) is 6.49. The number of nitrogens with two attached hydrogens (primary N) is 1. The van der Waals surface area contributed by atoms with Gasteiger partial charge in [0.15, 0.2) is 0 Å². The summed E-state index contributed by atoms with van der Waals surface area (Å²) < 4.78 is 0. The van der Waals surface area contributed by atoms with Crippen molar-refractivity contribution < 1.29 is 5.11 Å². The van der Waals surface area contributed by atoms with Gasteiger partial charge in [-0.3, -0.25) is 0 Å². The summed E-state index contributed by atoms with van der Waals surface area (Å²) in [5.74, 6) is 0.349. The van der Waals surface area contributed by atoms with Gasteiger partial charge in [0.05, 0.1) is 6.10 Å². The van der Waals surface area contributed by atoms with Crippen LogP contribution in [0.4, 0.5) is 0 Å². The first-order chi connectivity index (χ1) is 8.43. The van der Waals surface area contributed by atoms with Gasteiger partial charge in [0.25, 0.3) is 0 Å². The summed E-state index contributed by atoms with van der Waals surface area (Å²) in [6.45, 7) is 8.49. The Morgan fingerprint density at radius 3 is 2.22 bits per heavy atom. The lowest BCUT2D eigenvalue weighted by atomic mass is 9.90.